The molecular weight excluding hydrogens is 545 g/mol. The van der Waals surface area contributed by atoms with Crippen molar-refractivity contribution in [2.75, 3.05) is 26.9 Å². The third-order valence-electron chi connectivity index (χ3n) is 4.16. The zero-order chi connectivity index (χ0) is 22.9. The molecule has 6 nitrogen and oxygen atoms in total. The van der Waals surface area contributed by atoms with Gasteiger partial charge < -0.3 is 25.2 Å². The number of alkyl halides is 3. The van der Waals surface area contributed by atoms with E-state index in [2.05, 4.69) is 15.6 Å². The van der Waals surface area contributed by atoms with Gasteiger partial charge in [0.25, 0.3) is 0 Å². The van der Waals surface area contributed by atoms with Gasteiger partial charge in [0, 0.05) is 13.1 Å². The number of benzene rings is 2. The number of guanidine groups is 1. The molecule has 2 rings (SSSR count). The molecule has 0 saturated heterocycles. The molecule has 0 saturated carbocycles. The average molecular weight is 571 g/mol. The predicted molar refractivity (Wildman–Crippen MR) is 124 cm³/mol. The largest absolute Gasteiger partial charge is 0.493 e. The van der Waals surface area contributed by atoms with E-state index in [0.29, 0.717) is 30.1 Å². The summed E-state index contributed by atoms with van der Waals surface area (Å²) in [6.07, 6.45) is -4.66. The summed E-state index contributed by atoms with van der Waals surface area (Å²) in [5, 5.41) is 14.7. The molecular formula is C21H26F4IN3O3. The Labute approximate surface area is 201 Å². The van der Waals surface area contributed by atoms with Gasteiger partial charge in [0.1, 0.15) is 12.4 Å². The Bertz CT molecular complexity index is 895. The predicted octanol–water partition coefficient (Wildman–Crippen LogP) is 4.10. The summed E-state index contributed by atoms with van der Waals surface area (Å²) in [4.78, 5) is 4.38. The van der Waals surface area contributed by atoms with Crippen LogP contribution in [0.1, 0.15) is 23.6 Å². The molecule has 0 heterocycles. The van der Waals surface area contributed by atoms with Crippen molar-refractivity contribution in [2.45, 2.75) is 26.2 Å². The zero-order valence-corrected chi connectivity index (χ0v) is 20.0. The van der Waals surface area contributed by atoms with Gasteiger partial charge in [-0.2, -0.15) is 13.2 Å². The molecule has 0 fully saturated rings. The lowest BCUT2D eigenvalue weighted by Gasteiger charge is -2.16. The highest BCUT2D eigenvalue weighted by molar-refractivity contribution is 14.0. The molecule has 32 heavy (non-hydrogen) atoms. The van der Waals surface area contributed by atoms with Crippen LogP contribution in [0, 0.1) is 5.82 Å². The van der Waals surface area contributed by atoms with Crippen LogP contribution in [0.5, 0.6) is 11.5 Å². The smallest absolute Gasteiger partial charge is 0.416 e. The number of aliphatic hydroxyl groups excluding tert-OH is 1. The fraction of sp³-hybridized carbons (Fsp3) is 0.381. The van der Waals surface area contributed by atoms with Crippen molar-refractivity contribution in [3.63, 3.8) is 0 Å². The van der Waals surface area contributed by atoms with Gasteiger partial charge in [-0.15, -0.1) is 24.0 Å². The maximum absolute atomic E-state index is 13.3. The number of halogens is 5. The van der Waals surface area contributed by atoms with E-state index in [1.807, 2.05) is 6.92 Å². The monoisotopic (exact) mass is 571 g/mol. The second-order valence-corrected chi connectivity index (χ2v) is 6.41. The van der Waals surface area contributed by atoms with Crippen molar-refractivity contribution in [2.24, 2.45) is 4.99 Å². The number of nitrogens with one attached hydrogen (secondary N) is 2. The molecule has 0 atom stereocenters. The van der Waals surface area contributed by atoms with Gasteiger partial charge in [-0.05, 0) is 42.3 Å². The summed E-state index contributed by atoms with van der Waals surface area (Å²) in [5.41, 5.74) is -0.339. The summed E-state index contributed by atoms with van der Waals surface area (Å²) in [7, 11) is 1.49. The topological polar surface area (TPSA) is 75.1 Å². The van der Waals surface area contributed by atoms with Crippen LogP contribution in [-0.2, 0) is 19.3 Å². The van der Waals surface area contributed by atoms with Crippen molar-refractivity contribution >= 4 is 29.9 Å². The van der Waals surface area contributed by atoms with Gasteiger partial charge in [0.2, 0.25) is 0 Å². The average Bonchev–Trinajstić information content (AvgIpc) is 2.74. The lowest BCUT2D eigenvalue weighted by atomic mass is 10.1. The third kappa shape index (κ3) is 8.34. The Morgan fingerprint density at radius 2 is 1.84 bits per heavy atom. The Morgan fingerprint density at radius 3 is 2.47 bits per heavy atom. The number of aliphatic imine (C=N–C) groups is 1. The SMILES string of the molecule is CCNC(=NCc1ccc(OCCO)c(OC)c1)NCc1ccc(F)cc1C(F)(F)F.I. The minimum absolute atomic E-state index is 0. The lowest BCUT2D eigenvalue weighted by Crippen LogP contribution is -2.37. The fourth-order valence-electron chi connectivity index (χ4n) is 2.74. The van der Waals surface area contributed by atoms with Crippen LogP contribution < -0.4 is 20.1 Å². The molecule has 11 heteroatoms. The van der Waals surface area contributed by atoms with Crippen LogP contribution in [0.4, 0.5) is 17.6 Å². The van der Waals surface area contributed by atoms with Crippen molar-refractivity contribution in [3.8, 4) is 11.5 Å². The lowest BCUT2D eigenvalue weighted by molar-refractivity contribution is -0.138. The van der Waals surface area contributed by atoms with Crippen molar-refractivity contribution < 1.29 is 32.1 Å². The molecule has 2 aromatic rings. The molecule has 0 bridgehead atoms. The molecule has 3 N–H and O–H groups in total. The van der Waals surface area contributed by atoms with E-state index in [4.69, 9.17) is 14.6 Å². The molecule has 0 radical (unpaired) electrons. The molecule has 0 aliphatic carbocycles. The number of ether oxygens (including phenoxy) is 2. The van der Waals surface area contributed by atoms with E-state index in [9.17, 15) is 17.6 Å². The van der Waals surface area contributed by atoms with Gasteiger partial charge in [0.05, 0.1) is 25.8 Å². The maximum Gasteiger partial charge on any atom is 0.416 e. The van der Waals surface area contributed by atoms with E-state index in [0.717, 1.165) is 17.7 Å². The zero-order valence-electron chi connectivity index (χ0n) is 17.6. The maximum atomic E-state index is 13.3. The van der Waals surface area contributed by atoms with Crippen LogP contribution in [0.3, 0.4) is 0 Å². The molecule has 0 aliphatic heterocycles. The highest BCUT2D eigenvalue weighted by atomic mass is 127. The second kappa shape index (κ2) is 13.3. The van der Waals surface area contributed by atoms with Crippen LogP contribution in [0.2, 0.25) is 0 Å². The minimum Gasteiger partial charge on any atom is -0.493 e. The highest BCUT2D eigenvalue weighted by Crippen LogP contribution is 2.32. The molecule has 2 aromatic carbocycles. The van der Waals surface area contributed by atoms with E-state index in [-0.39, 0.29) is 55.8 Å². The Hall–Kier alpha value is -2.28. The number of hydrogen-bond acceptors (Lipinski definition) is 4. The first-order chi connectivity index (χ1) is 14.8. The van der Waals surface area contributed by atoms with Crippen LogP contribution in [0.25, 0.3) is 0 Å². The molecule has 0 aliphatic rings. The number of aliphatic hydroxyl groups is 1. The van der Waals surface area contributed by atoms with E-state index in [1.54, 1.807) is 18.2 Å². The van der Waals surface area contributed by atoms with Crippen LogP contribution in [-0.4, -0.2) is 37.9 Å². The van der Waals surface area contributed by atoms with Gasteiger partial charge >= 0.3 is 6.18 Å². The number of rotatable bonds is 9. The summed E-state index contributed by atoms with van der Waals surface area (Å²) in [6, 6.07) is 7.75. The first kappa shape index (κ1) is 27.8. The summed E-state index contributed by atoms with van der Waals surface area (Å²) in [6.45, 7) is 2.37. The number of nitrogens with zero attached hydrogens (tertiary/aromatic N) is 1. The Morgan fingerprint density at radius 1 is 1.09 bits per heavy atom. The highest BCUT2D eigenvalue weighted by Gasteiger charge is 2.33. The number of hydrogen-bond donors (Lipinski definition) is 3. The number of methoxy groups -OCH3 is 1. The van der Waals surface area contributed by atoms with E-state index >= 15 is 0 Å². The normalized spacial score (nSPS) is 11.5. The molecule has 0 unspecified atom stereocenters. The van der Waals surface area contributed by atoms with Gasteiger partial charge in [-0.1, -0.05) is 12.1 Å². The quantitative estimate of drug-likeness (QED) is 0.183. The standard InChI is InChI=1S/C21H25F4N3O3.HI/c1-3-26-20(28-13-15-5-6-16(22)11-17(15)21(23,24)25)27-12-14-4-7-18(31-9-8-29)19(10-14)30-2;/h4-7,10-11,29H,3,8-9,12-13H2,1-2H3,(H2,26,27,28);1H. The van der Waals surface area contributed by atoms with Crippen LogP contribution >= 0.6 is 24.0 Å². The summed E-state index contributed by atoms with van der Waals surface area (Å²) in [5.74, 6) is 0.307. The van der Waals surface area contributed by atoms with Crippen molar-refractivity contribution in [3.05, 3.63) is 58.9 Å². The molecule has 0 spiro atoms. The molecule has 0 amide bonds. The van der Waals surface area contributed by atoms with Gasteiger partial charge in [-0.25, -0.2) is 9.38 Å². The Balaban J connectivity index is 0.00000512. The van der Waals surface area contributed by atoms with E-state index in [1.165, 1.54) is 7.11 Å². The van der Waals surface area contributed by atoms with Crippen molar-refractivity contribution in [1.82, 2.24) is 10.6 Å². The molecule has 0 aromatic heterocycles. The Kier molecular flexibility index (Phi) is 11.5. The van der Waals surface area contributed by atoms with Gasteiger partial charge in [0.15, 0.2) is 17.5 Å². The summed E-state index contributed by atoms with van der Waals surface area (Å²) >= 11 is 0. The van der Waals surface area contributed by atoms with Crippen LogP contribution in [0.15, 0.2) is 41.4 Å². The third-order valence-corrected chi connectivity index (χ3v) is 4.16. The fourth-order valence-corrected chi connectivity index (χ4v) is 2.74. The second-order valence-electron chi connectivity index (χ2n) is 6.41. The summed E-state index contributed by atoms with van der Waals surface area (Å²) < 4.78 is 63.5. The van der Waals surface area contributed by atoms with E-state index < -0.39 is 17.6 Å². The van der Waals surface area contributed by atoms with Gasteiger partial charge in [-0.3, -0.25) is 0 Å². The van der Waals surface area contributed by atoms with Crippen molar-refractivity contribution in [1.29, 1.82) is 0 Å². The first-order valence-electron chi connectivity index (χ1n) is 9.56. The molecule has 178 valence electrons. The first-order valence-corrected chi connectivity index (χ1v) is 9.56. The minimum atomic E-state index is -4.66.